The van der Waals surface area contributed by atoms with Gasteiger partial charge in [0.15, 0.2) is 6.61 Å². The number of benzene rings is 1. The zero-order valence-electron chi connectivity index (χ0n) is 15.6. The standard InChI is InChI=1S/C19H26N4O3/c1-4-23-17-9-8-14(10-16(17)21-22-23)19(25)26-11-18(24)20-15-7-5-6-12(2)13(15)3/h8-10,12-13,15H,4-7,11H2,1-3H3,(H,20,24). The predicted octanol–water partition coefficient (Wildman–Crippen LogP) is 2.55. The Balaban J connectivity index is 1.55. The quantitative estimate of drug-likeness (QED) is 0.830. The van der Waals surface area contributed by atoms with Crippen molar-refractivity contribution in [2.24, 2.45) is 11.8 Å². The lowest BCUT2D eigenvalue weighted by Crippen LogP contribution is -2.45. The molecule has 7 heteroatoms. The van der Waals surface area contributed by atoms with Gasteiger partial charge < -0.3 is 10.1 Å². The van der Waals surface area contributed by atoms with Crippen LogP contribution in [0.4, 0.5) is 0 Å². The van der Waals surface area contributed by atoms with E-state index in [0.29, 0.717) is 29.5 Å². The number of hydrogen-bond donors (Lipinski definition) is 1. The van der Waals surface area contributed by atoms with E-state index in [4.69, 9.17) is 4.74 Å². The SMILES string of the molecule is CCn1nnc2cc(C(=O)OCC(=O)NC3CCCC(C)C3C)ccc21. The average Bonchev–Trinajstić information content (AvgIpc) is 3.05. The van der Waals surface area contributed by atoms with Crippen molar-refractivity contribution in [3.63, 3.8) is 0 Å². The van der Waals surface area contributed by atoms with Crippen LogP contribution in [0.1, 0.15) is 50.4 Å². The third kappa shape index (κ3) is 3.86. The fourth-order valence-electron chi connectivity index (χ4n) is 3.58. The van der Waals surface area contributed by atoms with Crippen molar-refractivity contribution in [2.45, 2.75) is 52.6 Å². The van der Waals surface area contributed by atoms with Gasteiger partial charge in [0, 0.05) is 12.6 Å². The van der Waals surface area contributed by atoms with Gasteiger partial charge in [-0.1, -0.05) is 31.9 Å². The molecule has 140 valence electrons. The Morgan fingerprint density at radius 1 is 1.31 bits per heavy atom. The Morgan fingerprint density at radius 2 is 2.12 bits per heavy atom. The van der Waals surface area contributed by atoms with Crippen molar-refractivity contribution in [3.8, 4) is 0 Å². The molecular formula is C19H26N4O3. The predicted molar refractivity (Wildman–Crippen MR) is 97.6 cm³/mol. The smallest absolute Gasteiger partial charge is 0.338 e. The van der Waals surface area contributed by atoms with Gasteiger partial charge in [-0.3, -0.25) is 4.79 Å². The minimum Gasteiger partial charge on any atom is -0.452 e. The first-order chi connectivity index (χ1) is 12.5. The van der Waals surface area contributed by atoms with Crippen molar-refractivity contribution in [1.82, 2.24) is 20.3 Å². The highest BCUT2D eigenvalue weighted by molar-refractivity contribution is 5.94. The van der Waals surface area contributed by atoms with Crippen molar-refractivity contribution in [2.75, 3.05) is 6.61 Å². The van der Waals surface area contributed by atoms with Crippen molar-refractivity contribution in [1.29, 1.82) is 0 Å². The first-order valence-electron chi connectivity index (χ1n) is 9.29. The van der Waals surface area contributed by atoms with Gasteiger partial charge in [-0.05, 0) is 43.4 Å². The molecular weight excluding hydrogens is 332 g/mol. The van der Waals surface area contributed by atoms with Gasteiger partial charge >= 0.3 is 5.97 Å². The van der Waals surface area contributed by atoms with Crippen LogP contribution in [0.5, 0.6) is 0 Å². The zero-order valence-corrected chi connectivity index (χ0v) is 15.6. The molecule has 26 heavy (non-hydrogen) atoms. The summed E-state index contributed by atoms with van der Waals surface area (Å²) in [4.78, 5) is 24.4. The van der Waals surface area contributed by atoms with Gasteiger partial charge in [0.2, 0.25) is 0 Å². The molecule has 0 spiro atoms. The Hall–Kier alpha value is -2.44. The number of hydrogen-bond acceptors (Lipinski definition) is 5. The highest BCUT2D eigenvalue weighted by atomic mass is 16.5. The number of carbonyl (C=O) groups is 2. The molecule has 1 amide bonds. The summed E-state index contributed by atoms with van der Waals surface area (Å²) in [5.41, 5.74) is 1.87. The number of fused-ring (bicyclic) bond motifs is 1. The van der Waals surface area contributed by atoms with E-state index in [9.17, 15) is 9.59 Å². The lowest BCUT2D eigenvalue weighted by atomic mass is 9.78. The lowest BCUT2D eigenvalue weighted by molar-refractivity contribution is -0.125. The van der Waals surface area contributed by atoms with Crippen LogP contribution in [0.25, 0.3) is 11.0 Å². The summed E-state index contributed by atoms with van der Waals surface area (Å²) in [5.74, 6) is 0.257. The van der Waals surface area contributed by atoms with E-state index in [1.165, 1.54) is 6.42 Å². The van der Waals surface area contributed by atoms with E-state index in [1.54, 1.807) is 22.9 Å². The molecule has 0 bridgehead atoms. The second kappa shape index (κ2) is 7.85. The number of nitrogens with zero attached hydrogens (tertiary/aromatic N) is 3. The number of ether oxygens (including phenoxy) is 1. The topological polar surface area (TPSA) is 86.1 Å². The number of carbonyl (C=O) groups excluding carboxylic acids is 2. The number of aromatic nitrogens is 3. The van der Waals surface area contributed by atoms with Crippen LogP contribution >= 0.6 is 0 Å². The molecule has 1 aromatic carbocycles. The summed E-state index contributed by atoms with van der Waals surface area (Å²) in [5, 5.41) is 11.1. The fourth-order valence-corrected chi connectivity index (χ4v) is 3.58. The second-order valence-electron chi connectivity index (χ2n) is 7.13. The summed E-state index contributed by atoms with van der Waals surface area (Å²) in [6.07, 6.45) is 3.30. The van der Waals surface area contributed by atoms with E-state index >= 15 is 0 Å². The molecule has 1 heterocycles. The minimum atomic E-state index is -0.529. The molecule has 0 saturated heterocycles. The normalized spacial score (nSPS) is 23.0. The van der Waals surface area contributed by atoms with E-state index < -0.39 is 5.97 Å². The first kappa shape index (κ1) is 18.4. The molecule has 1 saturated carbocycles. The third-order valence-corrected chi connectivity index (χ3v) is 5.44. The van der Waals surface area contributed by atoms with E-state index in [-0.39, 0.29) is 18.6 Å². The van der Waals surface area contributed by atoms with Gasteiger partial charge in [-0.25, -0.2) is 9.48 Å². The van der Waals surface area contributed by atoms with Crippen LogP contribution in [0.2, 0.25) is 0 Å². The Bertz CT molecular complexity index is 801. The second-order valence-corrected chi connectivity index (χ2v) is 7.13. The van der Waals surface area contributed by atoms with Gasteiger partial charge in [0.1, 0.15) is 5.52 Å². The van der Waals surface area contributed by atoms with Gasteiger partial charge in [0.05, 0.1) is 11.1 Å². The Morgan fingerprint density at radius 3 is 2.88 bits per heavy atom. The molecule has 1 aromatic heterocycles. The van der Waals surface area contributed by atoms with Gasteiger partial charge in [0.25, 0.3) is 5.91 Å². The van der Waals surface area contributed by atoms with Crippen LogP contribution in [0.3, 0.4) is 0 Å². The van der Waals surface area contributed by atoms with Crippen LogP contribution < -0.4 is 5.32 Å². The molecule has 0 radical (unpaired) electrons. The third-order valence-electron chi connectivity index (χ3n) is 5.44. The van der Waals surface area contributed by atoms with Crippen LogP contribution in [0, 0.1) is 11.8 Å². The number of rotatable bonds is 5. The molecule has 7 nitrogen and oxygen atoms in total. The molecule has 1 fully saturated rings. The summed E-state index contributed by atoms with van der Waals surface area (Å²) >= 11 is 0. The van der Waals surface area contributed by atoms with E-state index in [2.05, 4.69) is 29.5 Å². The maximum atomic E-state index is 12.2. The largest absolute Gasteiger partial charge is 0.452 e. The van der Waals surface area contributed by atoms with Crippen molar-refractivity contribution >= 4 is 22.9 Å². The minimum absolute atomic E-state index is 0.158. The molecule has 0 aliphatic heterocycles. The molecule has 3 unspecified atom stereocenters. The zero-order chi connectivity index (χ0) is 18.7. The Labute approximate surface area is 153 Å². The maximum Gasteiger partial charge on any atom is 0.338 e. The van der Waals surface area contributed by atoms with Gasteiger partial charge in [-0.15, -0.1) is 5.10 Å². The fraction of sp³-hybridized carbons (Fsp3) is 0.579. The lowest BCUT2D eigenvalue weighted by Gasteiger charge is -2.34. The number of nitrogens with one attached hydrogen (secondary N) is 1. The Kier molecular flexibility index (Phi) is 5.54. The summed E-state index contributed by atoms with van der Waals surface area (Å²) in [6, 6.07) is 5.26. The average molecular weight is 358 g/mol. The molecule has 1 aliphatic carbocycles. The monoisotopic (exact) mass is 358 g/mol. The molecule has 1 N–H and O–H groups in total. The maximum absolute atomic E-state index is 12.2. The summed E-state index contributed by atoms with van der Waals surface area (Å²) in [6.45, 7) is 6.80. The highest BCUT2D eigenvalue weighted by Crippen LogP contribution is 2.29. The molecule has 1 aliphatic rings. The highest BCUT2D eigenvalue weighted by Gasteiger charge is 2.28. The summed E-state index contributed by atoms with van der Waals surface area (Å²) in [7, 11) is 0. The molecule has 2 aromatic rings. The van der Waals surface area contributed by atoms with Crippen LogP contribution in [0.15, 0.2) is 18.2 Å². The van der Waals surface area contributed by atoms with Crippen LogP contribution in [-0.4, -0.2) is 39.5 Å². The number of esters is 1. The van der Waals surface area contributed by atoms with E-state index in [0.717, 1.165) is 18.4 Å². The number of aryl methyl sites for hydroxylation is 1. The summed E-state index contributed by atoms with van der Waals surface area (Å²) < 4.78 is 6.92. The van der Waals surface area contributed by atoms with Crippen molar-refractivity contribution < 1.29 is 14.3 Å². The molecule has 3 atom stereocenters. The number of amides is 1. The van der Waals surface area contributed by atoms with Crippen molar-refractivity contribution in [3.05, 3.63) is 23.8 Å². The first-order valence-corrected chi connectivity index (χ1v) is 9.29. The molecule has 3 rings (SSSR count). The van der Waals surface area contributed by atoms with Gasteiger partial charge in [-0.2, -0.15) is 0 Å². The van der Waals surface area contributed by atoms with Crippen LogP contribution in [-0.2, 0) is 16.1 Å². The van der Waals surface area contributed by atoms with E-state index in [1.807, 2.05) is 6.92 Å².